The summed E-state index contributed by atoms with van der Waals surface area (Å²) in [4.78, 5) is 0. The Balaban J connectivity index is 1.94. The van der Waals surface area contributed by atoms with Crippen LogP contribution in [-0.4, -0.2) is 23.9 Å². The maximum Gasteiger partial charge on any atom is 0.197 e. The molecule has 0 saturated heterocycles. The summed E-state index contributed by atoms with van der Waals surface area (Å²) in [5.41, 5.74) is -0.186. The van der Waals surface area contributed by atoms with Gasteiger partial charge in [0, 0.05) is 6.42 Å². The molecule has 0 amide bonds. The molecule has 2 aliphatic rings. The van der Waals surface area contributed by atoms with Gasteiger partial charge < -0.3 is 14.6 Å². The van der Waals surface area contributed by atoms with Gasteiger partial charge in [-0.15, -0.1) is 0 Å². The van der Waals surface area contributed by atoms with Gasteiger partial charge in [-0.3, -0.25) is 0 Å². The number of ether oxygens (including phenoxy) is 2. The molecule has 3 nitrogen and oxygen atoms in total. The highest BCUT2D eigenvalue weighted by atomic mass is 19.1. The maximum atomic E-state index is 14.0. The van der Waals surface area contributed by atoms with Crippen LogP contribution >= 0.6 is 0 Å². The van der Waals surface area contributed by atoms with Gasteiger partial charge >= 0.3 is 0 Å². The molecule has 1 aliphatic carbocycles. The standard InChI is InChI=1S/C12H13FO3/c13-10-8(7-12(14)3-4-12)1-2-9-11(10)16-6-5-15-9/h1-2,14H,3-7H2. The first-order chi connectivity index (χ1) is 7.68. The Labute approximate surface area is 92.8 Å². The Morgan fingerprint density at radius 3 is 2.75 bits per heavy atom. The van der Waals surface area contributed by atoms with E-state index in [9.17, 15) is 9.50 Å². The van der Waals surface area contributed by atoms with Gasteiger partial charge in [-0.2, -0.15) is 0 Å². The summed E-state index contributed by atoms with van der Waals surface area (Å²) in [7, 11) is 0. The molecule has 4 heteroatoms. The van der Waals surface area contributed by atoms with Crippen LogP contribution in [-0.2, 0) is 6.42 Å². The van der Waals surface area contributed by atoms with E-state index >= 15 is 0 Å². The number of rotatable bonds is 2. The normalized spacial score (nSPS) is 20.6. The van der Waals surface area contributed by atoms with Crippen molar-refractivity contribution in [3.63, 3.8) is 0 Å². The summed E-state index contributed by atoms with van der Waals surface area (Å²) in [5, 5.41) is 9.77. The minimum Gasteiger partial charge on any atom is -0.486 e. The zero-order chi connectivity index (χ0) is 11.2. The van der Waals surface area contributed by atoms with Crippen molar-refractivity contribution < 1.29 is 19.0 Å². The average Bonchev–Trinajstić information content (AvgIpc) is 3.01. The van der Waals surface area contributed by atoms with Crippen molar-refractivity contribution in [1.82, 2.24) is 0 Å². The molecule has 1 N–H and O–H groups in total. The van der Waals surface area contributed by atoms with E-state index in [1.165, 1.54) is 0 Å². The van der Waals surface area contributed by atoms with E-state index in [-0.39, 0.29) is 5.75 Å². The molecule has 86 valence electrons. The summed E-state index contributed by atoms with van der Waals surface area (Å²) < 4.78 is 24.5. The summed E-state index contributed by atoms with van der Waals surface area (Å²) >= 11 is 0. The van der Waals surface area contributed by atoms with Crippen LogP contribution in [0.5, 0.6) is 11.5 Å². The van der Waals surface area contributed by atoms with Crippen molar-refractivity contribution in [3.05, 3.63) is 23.5 Å². The Bertz CT molecular complexity index is 427. The molecule has 16 heavy (non-hydrogen) atoms. The van der Waals surface area contributed by atoms with Crippen LogP contribution in [0.1, 0.15) is 18.4 Å². The molecule has 0 atom stereocenters. The fourth-order valence-electron chi connectivity index (χ4n) is 1.93. The van der Waals surface area contributed by atoms with E-state index in [0.717, 1.165) is 12.8 Å². The van der Waals surface area contributed by atoms with Crippen molar-refractivity contribution in [1.29, 1.82) is 0 Å². The molecule has 1 heterocycles. The van der Waals surface area contributed by atoms with E-state index in [1.54, 1.807) is 12.1 Å². The third kappa shape index (κ3) is 1.63. The van der Waals surface area contributed by atoms with E-state index in [4.69, 9.17) is 9.47 Å². The van der Waals surface area contributed by atoms with Crippen LogP contribution in [0.2, 0.25) is 0 Å². The predicted octanol–water partition coefficient (Wildman–Crippen LogP) is 1.66. The quantitative estimate of drug-likeness (QED) is 0.830. The van der Waals surface area contributed by atoms with Crippen molar-refractivity contribution in [3.8, 4) is 11.5 Å². The van der Waals surface area contributed by atoms with Crippen molar-refractivity contribution in [2.24, 2.45) is 0 Å². The first-order valence-corrected chi connectivity index (χ1v) is 5.47. The minimum absolute atomic E-state index is 0.188. The molecule has 0 bridgehead atoms. The average molecular weight is 224 g/mol. The second-order valence-electron chi connectivity index (χ2n) is 4.46. The summed E-state index contributed by atoms with van der Waals surface area (Å²) in [6, 6.07) is 3.37. The lowest BCUT2D eigenvalue weighted by atomic mass is 10.0. The van der Waals surface area contributed by atoms with Gasteiger partial charge in [-0.25, -0.2) is 4.39 Å². The highest BCUT2D eigenvalue weighted by molar-refractivity contribution is 5.46. The number of benzene rings is 1. The summed E-state index contributed by atoms with van der Waals surface area (Å²) in [6.07, 6.45) is 1.86. The van der Waals surface area contributed by atoms with E-state index in [2.05, 4.69) is 0 Å². The fourth-order valence-corrected chi connectivity index (χ4v) is 1.93. The first-order valence-electron chi connectivity index (χ1n) is 5.47. The molecule has 1 saturated carbocycles. The lowest BCUT2D eigenvalue weighted by Gasteiger charge is -2.20. The molecule has 1 fully saturated rings. The molecule has 0 unspecified atom stereocenters. The third-order valence-corrected chi connectivity index (χ3v) is 3.07. The van der Waals surface area contributed by atoms with Crippen LogP contribution < -0.4 is 9.47 Å². The highest BCUT2D eigenvalue weighted by Crippen LogP contribution is 2.41. The van der Waals surface area contributed by atoms with E-state index in [0.29, 0.717) is 30.9 Å². The Kier molecular flexibility index (Phi) is 2.07. The Morgan fingerprint density at radius 2 is 2.00 bits per heavy atom. The zero-order valence-electron chi connectivity index (χ0n) is 8.83. The lowest BCUT2D eigenvalue weighted by molar-refractivity contribution is 0.146. The van der Waals surface area contributed by atoms with Gasteiger partial charge in [0.05, 0.1) is 5.60 Å². The molecule has 1 aromatic rings. The highest BCUT2D eigenvalue weighted by Gasteiger charge is 2.41. The molecule has 3 rings (SSSR count). The monoisotopic (exact) mass is 224 g/mol. The van der Waals surface area contributed by atoms with Crippen molar-refractivity contribution in [2.45, 2.75) is 24.9 Å². The summed E-state index contributed by atoms with van der Waals surface area (Å²) in [5.74, 6) is 0.251. The third-order valence-electron chi connectivity index (χ3n) is 3.07. The second kappa shape index (κ2) is 3.35. The van der Waals surface area contributed by atoms with Crippen molar-refractivity contribution >= 4 is 0 Å². The second-order valence-corrected chi connectivity index (χ2v) is 4.46. The fraction of sp³-hybridized carbons (Fsp3) is 0.500. The van der Waals surface area contributed by atoms with Crippen LogP contribution in [0, 0.1) is 5.82 Å². The van der Waals surface area contributed by atoms with Crippen LogP contribution in [0.15, 0.2) is 12.1 Å². The van der Waals surface area contributed by atoms with E-state index in [1.807, 2.05) is 0 Å². The molecule has 0 aromatic heterocycles. The zero-order valence-corrected chi connectivity index (χ0v) is 8.83. The van der Waals surface area contributed by atoms with E-state index < -0.39 is 11.4 Å². The molecule has 1 aromatic carbocycles. The van der Waals surface area contributed by atoms with Crippen LogP contribution in [0.25, 0.3) is 0 Å². The Morgan fingerprint density at radius 1 is 1.25 bits per heavy atom. The van der Waals surface area contributed by atoms with Crippen LogP contribution in [0.3, 0.4) is 0 Å². The number of halogens is 1. The van der Waals surface area contributed by atoms with Gasteiger partial charge in [0.1, 0.15) is 13.2 Å². The smallest absolute Gasteiger partial charge is 0.197 e. The van der Waals surface area contributed by atoms with Crippen LogP contribution in [0.4, 0.5) is 4.39 Å². The van der Waals surface area contributed by atoms with Gasteiger partial charge in [-0.1, -0.05) is 6.07 Å². The molecule has 0 radical (unpaired) electrons. The van der Waals surface area contributed by atoms with Gasteiger partial charge in [-0.05, 0) is 24.5 Å². The maximum absolute atomic E-state index is 14.0. The number of aliphatic hydroxyl groups is 1. The lowest BCUT2D eigenvalue weighted by Crippen LogP contribution is -2.18. The molecule has 1 aliphatic heterocycles. The minimum atomic E-state index is -0.690. The largest absolute Gasteiger partial charge is 0.486 e. The molecular weight excluding hydrogens is 211 g/mol. The predicted molar refractivity (Wildman–Crippen MR) is 55.3 cm³/mol. The first kappa shape index (κ1) is 9.90. The SMILES string of the molecule is OC1(Cc2ccc3c(c2F)OCCO3)CC1. The van der Waals surface area contributed by atoms with Crippen molar-refractivity contribution in [2.75, 3.05) is 13.2 Å². The number of hydrogen-bond acceptors (Lipinski definition) is 3. The number of fused-ring (bicyclic) bond motifs is 1. The van der Waals surface area contributed by atoms with Gasteiger partial charge in [0.15, 0.2) is 17.3 Å². The van der Waals surface area contributed by atoms with Gasteiger partial charge in [0.25, 0.3) is 0 Å². The summed E-state index contributed by atoms with van der Waals surface area (Å²) in [6.45, 7) is 0.827. The van der Waals surface area contributed by atoms with Gasteiger partial charge in [0.2, 0.25) is 0 Å². The molecule has 0 spiro atoms. The number of hydrogen-bond donors (Lipinski definition) is 1. The Hall–Kier alpha value is -1.29. The molecular formula is C12H13FO3. The topological polar surface area (TPSA) is 38.7 Å².